The Morgan fingerprint density at radius 1 is 1.33 bits per heavy atom. The summed E-state index contributed by atoms with van der Waals surface area (Å²) >= 11 is 0. The lowest BCUT2D eigenvalue weighted by atomic mass is 9.75. The van der Waals surface area contributed by atoms with Gasteiger partial charge in [0.25, 0.3) is 5.91 Å². The van der Waals surface area contributed by atoms with E-state index in [9.17, 15) is 4.79 Å². The van der Waals surface area contributed by atoms with Gasteiger partial charge in [-0.25, -0.2) is 4.99 Å². The van der Waals surface area contributed by atoms with E-state index in [0.29, 0.717) is 17.9 Å². The van der Waals surface area contributed by atoms with Gasteiger partial charge >= 0.3 is 0 Å². The number of hydrogen-bond acceptors (Lipinski definition) is 5. The van der Waals surface area contributed by atoms with E-state index in [4.69, 9.17) is 10.7 Å². The molecule has 0 bridgehead atoms. The van der Waals surface area contributed by atoms with Gasteiger partial charge in [-0.05, 0) is 63.0 Å². The second-order valence-electron chi connectivity index (χ2n) is 8.96. The van der Waals surface area contributed by atoms with Crippen LogP contribution in [0.25, 0.3) is 0 Å². The van der Waals surface area contributed by atoms with Crippen molar-refractivity contribution in [2.75, 3.05) is 12.4 Å². The predicted molar refractivity (Wildman–Crippen MR) is 121 cm³/mol. The first-order chi connectivity index (χ1) is 14.6. The van der Waals surface area contributed by atoms with Crippen molar-refractivity contribution in [2.45, 2.75) is 69.4 Å². The number of rotatable bonds is 7. The highest BCUT2D eigenvalue weighted by atomic mass is 16.2. The molecule has 160 valence electrons. The summed E-state index contributed by atoms with van der Waals surface area (Å²) in [5.74, 6) is 0.882. The van der Waals surface area contributed by atoms with Crippen molar-refractivity contribution in [2.24, 2.45) is 16.6 Å². The molecule has 1 aromatic rings. The zero-order chi connectivity index (χ0) is 21.0. The predicted octanol–water partition coefficient (Wildman–Crippen LogP) is 4.02. The number of pyridine rings is 1. The summed E-state index contributed by atoms with van der Waals surface area (Å²) in [6, 6.07) is 4.43. The van der Waals surface area contributed by atoms with Crippen LogP contribution in [0, 0.1) is 5.92 Å². The molecule has 2 heterocycles. The Kier molecular flexibility index (Phi) is 6.21. The molecule has 1 saturated carbocycles. The van der Waals surface area contributed by atoms with Crippen LogP contribution in [0.5, 0.6) is 0 Å². The molecule has 6 nitrogen and oxygen atoms in total. The van der Waals surface area contributed by atoms with Gasteiger partial charge in [-0.2, -0.15) is 0 Å². The summed E-state index contributed by atoms with van der Waals surface area (Å²) in [5.41, 5.74) is 7.86. The van der Waals surface area contributed by atoms with Gasteiger partial charge in [0.05, 0.1) is 5.69 Å². The summed E-state index contributed by atoms with van der Waals surface area (Å²) < 4.78 is 0. The summed E-state index contributed by atoms with van der Waals surface area (Å²) in [5, 5.41) is 3.63. The van der Waals surface area contributed by atoms with Crippen LogP contribution in [-0.2, 0) is 4.79 Å². The van der Waals surface area contributed by atoms with Crippen molar-refractivity contribution >= 4 is 17.6 Å². The quantitative estimate of drug-likeness (QED) is 0.669. The molecule has 0 saturated heterocycles. The number of allylic oxidation sites excluding steroid dienone is 4. The molecule has 0 unspecified atom stereocenters. The molecule has 2 aliphatic carbocycles. The van der Waals surface area contributed by atoms with Crippen molar-refractivity contribution in [1.82, 2.24) is 9.88 Å². The normalized spacial score (nSPS) is 29.0. The molecular formula is C24H33N5O. The van der Waals surface area contributed by atoms with Crippen LogP contribution >= 0.6 is 0 Å². The van der Waals surface area contributed by atoms with Crippen molar-refractivity contribution in [3.05, 3.63) is 48.3 Å². The van der Waals surface area contributed by atoms with Gasteiger partial charge in [-0.15, -0.1) is 0 Å². The number of likely N-dealkylation sites (N-methyl/N-ethyl adjacent to an activating group) is 1. The van der Waals surface area contributed by atoms with Gasteiger partial charge in [-0.3, -0.25) is 14.7 Å². The number of amides is 1. The molecule has 0 radical (unpaired) electrons. The first-order valence-corrected chi connectivity index (χ1v) is 11.2. The van der Waals surface area contributed by atoms with Crippen LogP contribution in [0.2, 0.25) is 0 Å². The number of aromatic nitrogens is 1. The number of aliphatic imine (C=N–C) groups is 1. The zero-order valence-electron chi connectivity index (χ0n) is 17.9. The average molecular weight is 408 g/mol. The number of nitrogens with zero attached hydrogens (tertiary/aromatic N) is 3. The number of nitrogens with two attached hydrogens (primary N) is 1. The van der Waals surface area contributed by atoms with Gasteiger partial charge in [-0.1, -0.05) is 36.6 Å². The number of hydrogen-bond donors (Lipinski definition) is 2. The van der Waals surface area contributed by atoms with E-state index in [1.54, 1.807) is 18.1 Å². The molecule has 1 fully saturated rings. The van der Waals surface area contributed by atoms with Crippen LogP contribution in [0.1, 0.15) is 57.8 Å². The van der Waals surface area contributed by atoms with Crippen LogP contribution in [0.4, 0.5) is 5.69 Å². The molecule has 0 aromatic carbocycles. The Bertz CT molecular complexity index is 846. The van der Waals surface area contributed by atoms with Crippen LogP contribution in [0.15, 0.2) is 53.3 Å². The van der Waals surface area contributed by atoms with Gasteiger partial charge in [0.2, 0.25) is 0 Å². The van der Waals surface area contributed by atoms with E-state index in [2.05, 4.69) is 34.6 Å². The average Bonchev–Trinajstić information content (AvgIpc) is 2.98. The first-order valence-electron chi connectivity index (χ1n) is 11.2. The maximum absolute atomic E-state index is 13.2. The Labute approximate surface area is 179 Å². The molecule has 3 aliphatic rings. The largest absolute Gasteiger partial charge is 0.381 e. The minimum atomic E-state index is -0.707. The van der Waals surface area contributed by atoms with E-state index < -0.39 is 5.54 Å². The summed E-state index contributed by atoms with van der Waals surface area (Å²) in [7, 11) is 1.75. The summed E-state index contributed by atoms with van der Waals surface area (Å²) in [6.07, 6.45) is 19.3. The summed E-state index contributed by atoms with van der Waals surface area (Å²) in [6.45, 7) is 0. The van der Waals surface area contributed by atoms with E-state index in [1.807, 2.05) is 12.3 Å². The SMILES string of the molecule is CN1C(=O)[C@@](CCC2=CCC=CC2)(C[C@H]2CCC[C@@H](Nc3cccnc3)C2)N=C1N. The molecule has 3 N–H and O–H groups in total. The van der Waals surface area contributed by atoms with Crippen LogP contribution in [-0.4, -0.2) is 40.4 Å². The van der Waals surface area contributed by atoms with Crippen molar-refractivity contribution in [1.29, 1.82) is 0 Å². The zero-order valence-corrected chi connectivity index (χ0v) is 17.9. The van der Waals surface area contributed by atoms with Gasteiger partial charge in [0, 0.05) is 25.5 Å². The minimum absolute atomic E-state index is 0.0642. The lowest BCUT2D eigenvalue weighted by molar-refractivity contribution is -0.131. The Morgan fingerprint density at radius 2 is 2.23 bits per heavy atom. The van der Waals surface area contributed by atoms with Crippen molar-refractivity contribution in [3.8, 4) is 0 Å². The van der Waals surface area contributed by atoms with E-state index >= 15 is 0 Å². The lowest BCUT2D eigenvalue weighted by Gasteiger charge is -2.35. The highest BCUT2D eigenvalue weighted by molar-refractivity contribution is 6.06. The fraction of sp³-hybridized carbons (Fsp3) is 0.542. The maximum Gasteiger partial charge on any atom is 0.257 e. The van der Waals surface area contributed by atoms with Crippen molar-refractivity contribution in [3.63, 3.8) is 0 Å². The Balaban J connectivity index is 1.44. The molecule has 30 heavy (non-hydrogen) atoms. The number of guanidine groups is 1. The minimum Gasteiger partial charge on any atom is -0.381 e. The number of anilines is 1. The molecule has 4 rings (SSSR count). The fourth-order valence-electron chi connectivity index (χ4n) is 5.15. The van der Waals surface area contributed by atoms with E-state index in [0.717, 1.165) is 63.5 Å². The molecule has 1 aromatic heterocycles. The molecular weight excluding hydrogens is 374 g/mol. The third-order valence-corrected chi connectivity index (χ3v) is 6.77. The highest BCUT2D eigenvalue weighted by Gasteiger charge is 2.47. The molecule has 0 spiro atoms. The standard InChI is InChI=1S/C24H33N5O/c1-29-22(30)24(28-23(29)25,13-12-18-7-3-2-4-8-18)16-19-9-5-10-20(15-19)27-21-11-6-14-26-17-21/h2-3,6,8,11,14,17,19-20,27H,4-5,7,9-10,12-13,15-16H2,1H3,(H2,25,28)/t19-,20+,24+/m0/s1. The third kappa shape index (κ3) is 4.58. The first kappa shape index (κ1) is 20.6. The molecule has 6 heteroatoms. The van der Waals surface area contributed by atoms with Gasteiger partial charge in [0.15, 0.2) is 5.96 Å². The van der Waals surface area contributed by atoms with E-state index in [1.165, 1.54) is 5.57 Å². The smallest absolute Gasteiger partial charge is 0.257 e. The van der Waals surface area contributed by atoms with Crippen LogP contribution in [0.3, 0.4) is 0 Å². The maximum atomic E-state index is 13.2. The fourth-order valence-corrected chi connectivity index (χ4v) is 5.15. The monoisotopic (exact) mass is 407 g/mol. The van der Waals surface area contributed by atoms with Gasteiger partial charge < -0.3 is 11.1 Å². The number of nitrogens with one attached hydrogen (secondary N) is 1. The molecule has 3 atom stereocenters. The third-order valence-electron chi connectivity index (χ3n) is 6.77. The Hall–Kier alpha value is -2.63. The summed E-state index contributed by atoms with van der Waals surface area (Å²) in [4.78, 5) is 23.7. The Morgan fingerprint density at radius 3 is 2.93 bits per heavy atom. The molecule has 1 aliphatic heterocycles. The van der Waals surface area contributed by atoms with Crippen molar-refractivity contribution < 1.29 is 4.79 Å². The number of carbonyl (C=O) groups excluding carboxylic acids is 1. The van der Waals surface area contributed by atoms with Crippen LogP contribution < -0.4 is 11.1 Å². The number of carbonyl (C=O) groups is 1. The topological polar surface area (TPSA) is 83.6 Å². The highest BCUT2D eigenvalue weighted by Crippen LogP contribution is 2.39. The van der Waals surface area contributed by atoms with E-state index in [-0.39, 0.29) is 5.91 Å². The second kappa shape index (κ2) is 9.02. The lowest BCUT2D eigenvalue weighted by Crippen LogP contribution is -2.44. The second-order valence-corrected chi connectivity index (χ2v) is 8.96. The molecule has 1 amide bonds. The van der Waals surface area contributed by atoms with Gasteiger partial charge in [0.1, 0.15) is 5.54 Å².